The summed E-state index contributed by atoms with van der Waals surface area (Å²) in [5.41, 5.74) is 11.2. The Labute approximate surface area is 337 Å². The first kappa shape index (κ1) is 34.5. The van der Waals surface area contributed by atoms with Crippen LogP contribution in [0.2, 0.25) is 0 Å². The highest BCUT2D eigenvalue weighted by Gasteiger charge is 2.45. The van der Waals surface area contributed by atoms with Crippen LogP contribution < -0.4 is 4.74 Å². The lowest BCUT2D eigenvalue weighted by Crippen LogP contribution is -2.34. The molecule has 0 aliphatic carbocycles. The maximum absolute atomic E-state index is 9.45. The van der Waals surface area contributed by atoms with Crippen molar-refractivity contribution in [1.82, 2.24) is 15.0 Å². The number of fused-ring (bicyclic) bond motifs is 2. The molecule has 5 heteroatoms. The molecule has 0 amide bonds. The molecule has 0 unspecified atom stereocenters. The van der Waals surface area contributed by atoms with Crippen LogP contribution in [-0.4, -0.2) is 15.0 Å². The number of para-hydroxylation sites is 2. The van der Waals surface area contributed by atoms with E-state index in [0.29, 0.717) is 23.0 Å². The minimum Gasteiger partial charge on any atom is -0.456 e. The van der Waals surface area contributed by atoms with Crippen molar-refractivity contribution in [2.75, 3.05) is 0 Å². The number of hydrogen-bond donors (Lipinski definition) is 0. The maximum atomic E-state index is 9.45. The Morgan fingerprint density at radius 1 is 0.397 bits per heavy atom. The summed E-state index contributed by atoms with van der Waals surface area (Å²) >= 11 is 0. The summed E-state index contributed by atoms with van der Waals surface area (Å²) in [5, 5.41) is 9.45. The SMILES string of the molecule is N#Cc1ccc(-c2nc(-c3ccc(-c4cccc5c4Oc4ccccc4C5(c4ccccc4)c4ccccc4)cc3)nc(-c3cccc(-c4ccccc4)c3)n2)cc1. The molecule has 1 aromatic heterocycles. The molecule has 0 spiro atoms. The molecule has 58 heavy (non-hydrogen) atoms. The third-order valence-electron chi connectivity index (χ3n) is 10.9. The van der Waals surface area contributed by atoms with E-state index >= 15 is 0 Å². The van der Waals surface area contributed by atoms with Gasteiger partial charge in [0.05, 0.1) is 17.0 Å². The minimum absolute atomic E-state index is 0.529. The predicted octanol–water partition coefficient (Wildman–Crippen LogP) is 12.6. The van der Waals surface area contributed by atoms with Gasteiger partial charge in [0.2, 0.25) is 0 Å². The van der Waals surface area contributed by atoms with Crippen molar-refractivity contribution in [2.24, 2.45) is 0 Å². The van der Waals surface area contributed by atoms with Crippen molar-refractivity contribution in [3.8, 4) is 74.0 Å². The van der Waals surface area contributed by atoms with Gasteiger partial charge < -0.3 is 4.74 Å². The van der Waals surface area contributed by atoms with Crippen molar-refractivity contribution >= 4 is 0 Å². The zero-order valence-corrected chi connectivity index (χ0v) is 31.3. The van der Waals surface area contributed by atoms with Crippen LogP contribution in [-0.2, 0) is 5.41 Å². The van der Waals surface area contributed by atoms with E-state index < -0.39 is 5.41 Å². The molecule has 0 saturated heterocycles. The molecule has 272 valence electrons. The van der Waals surface area contributed by atoms with Gasteiger partial charge in [-0.1, -0.05) is 170 Å². The first-order chi connectivity index (χ1) is 28.7. The smallest absolute Gasteiger partial charge is 0.164 e. The second-order valence-corrected chi connectivity index (χ2v) is 14.3. The molecule has 10 rings (SSSR count). The Balaban J connectivity index is 1.10. The average Bonchev–Trinajstić information content (AvgIpc) is 3.31. The van der Waals surface area contributed by atoms with Gasteiger partial charge in [0, 0.05) is 33.4 Å². The van der Waals surface area contributed by atoms with Gasteiger partial charge in [0.15, 0.2) is 17.5 Å². The Kier molecular flexibility index (Phi) is 8.70. The van der Waals surface area contributed by atoms with E-state index in [1.165, 1.54) is 11.1 Å². The fraction of sp³-hybridized carbons (Fsp3) is 0.0189. The summed E-state index contributed by atoms with van der Waals surface area (Å²) in [6, 6.07) is 72.7. The van der Waals surface area contributed by atoms with Crippen molar-refractivity contribution in [1.29, 1.82) is 5.26 Å². The Hall–Kier alpha value is -7.94. The molecular formula is C53H34N4O. The number of nitrogens with zero attached hydrogens (tertiary/aromatic N) is 4. The predicted molar refractivity (Wildman–Crippen MR) is 230 cm³/mol. The summed E-state index contributed by atoms with van der Waals surface area (Å²) < 4.78 is 6.91. The molecule has 5 nitrogen and oxygen atoms in total. The van der Waals surface area contributed by atoms with Gasteiger partial charge in [0.25, 0.3) is 0 Å². The molecule has 1 aliphatic heterocycles. The van der Waals surface area contributed by atoms with Crippen LogP contribution in [0.1, 0.15) is 27.8 Å². The molecule has 1 aliphatic rings. The Morgan fingerprint density at radius 2 is 0.879 bits per heavy atom. The lowest BCUT2D eigenvalue weighted by atomic mass is 9.63. The summed E-state index contributed by atoms with van der Waals surface area (Å²) in [5.74, 6) is 3.30. The molecule has 0 saturated carbocycles. The molecule has 0 atom stereocenters. The summed E-state index contributed by atoms with van der Waals surface area (Å²) in [7, 11) is 0. The largest absolute Gasteiger partial charge is 0.456 e. The third-order valence-corrected chi connectivity index (χ3v) is 10.9. The van der Waals surface area contributed by atoms with Crippen molar-refractivity contribution < 1.29 is 4.74 Å². The van der Waals surface area contributed by atoms with Crippen molar-refractivity contribution in [2.45, 2.75) is 5.41 Å². The second kappa shape index (κ2) is 14.6. The summed E-state index contributed by atoms with van der Waals surface area (Å²) in [6.45, 7) is 0. The lowest BCUT2D eigenvalue weighted by Gasteiger charge is -2.42. The molecule has 0 radical (unpaired) electrons. The van der Waals surface area contributed by atoms with E-state index in [0.717, 1.165) is 61.6 Å². The first-order valence-corrected chi connectivity index (χ1v) is 19.2. The highest BCUT2D eigenvalue weighted by atomic mass is 16.5. The van der Waals surface area contributed by atoms with E-state index in [4.69, 9.17) is 19.7 Å². The van der Waals surface area contributed by atoms with E-state index in [-0.39, 0.29) is 0 Å². The zero-order valence-electron chi connectivity index (χ0n) is 31.3. The van der Waals surface area contributed by atoms with Crippen LogP contribution in [0.4, 0.5) is 0 Å². The fourth-order valence-electron chi connectivity index (χ4n) is 8.18. The zero-order chi connectivity index (χ0) is 38.9. The lowest BCUT2D eigenvalue weighted by molar-refractivity contribution is 0.436. The highest BCUT2D eigenvalue weighted by molar-refractivity contribution is 5.81. The molecule has 0 bridgehead atoms. The van der Waals surface area contributed by atoms with Crippen molar-refractivity contribution in [3.63, 3.8) is 0 Å². The quantitative estimate of drug-likeness (QED) is 0.163. The van der Waals surface area contributed by atoms with Crippen LogP contribution in [0.15, 0.2) is 206 Å². The van der Waals surface area contributed by atoms with Crippen molar-refractivity contribution in [3.05, 3.63) is 234 Å². The van der Waals surface area contributed by atoms with Gasteiger partial charge in [-0.2, -0.15) is 5.26 Å². The minimum atomic E-state index is -0.608. The summed E-state index contributed by atoms with van der Waals surface area (Å²) in [6.07, 6.45) is 0. The van der Waals surface area contributed by atoms with Gasteiger partial charge in [-0.05, 0) is 64.2 Å². The number of benzene rings is 8. The number of hydrogen-bond acceptors (Lipinski definition) is 5. The number of rotatable bonds is 7. The molecule has 8 aromatic carbocycles. The van der Waals surface area contributed by atoms with Crippen LogP contribution in [0.25, 0.3) is 56.4 Å². The van der Waals surface area contributed by atoms with Crippen LogP contribution in [0.3, 0.4) is 0 Å². The summed E-state index contributed by atoms with van der Waals surface area (Å²) in [4.78, 5) is 15.0. The molecule has 2 heterocycles. The highest BCUT2D eigenvalue weighted by Crippen LogP contribution is 2.57. The molecule has 0 N–H and O–H groups in total. The topological polar surface area (TPSA) is 71.7 Å². The van der Waals surface area contributed by atoms with Gasteiger partial charge in [-0.15, -0.1) is 0 Å². The monoisotopic (exact) mass is 742 g/mol. The number of ether oxygens (including phenoxy) is 1. The van der Waals surface area contributed by atoms with E-state index in [9.17, 15) is 5.26 Å². The second-order valence-electron chi connectivity index (χ2n) is 14.3. The number of nitriles is 1. The number of aromatic nitrogens is 3. The standard InChI is InChI=1S/C53H34N4O/c54-35-36-26-28-39(29-27-36)50-55-51(57-52(56-50)42-17-12-16-41(34-42)37-14-4-1-5-15-37)40-32-30-38(31-33-40)45-22-13-24-47-49(45)58-48-25-11-10-23-46(48)53(47,43-18-6-2-7-19-43)44-20-8-3-9-21-44/h1-34H. The van der Waals surface area contributed by atoms with Gasteiger partial charge in [-0.3, -0.25) is 0 Å². The third kappa shape index (κ3) is 6.01. The average molecular weight is 743 g/mol. The fourth-order valence-corrected chi connectivity index (χ4v) is 8.18. The first-order valence-electron chi connectivity index (χ1n) is 19.2. The Morgan fingerprint density at radius 3 is 1.52 bits per heavy atom. The van der Waals surface area contributed by atoms with E-state index in [1.54, 1.807) is 12.1 Å². The maximum Gasteiger partial charge on any atom is 0.164 e. The van der Waals surface area contributed by atoms with Crippen LogP contribution >= 0.6 is 0 Å². The Bertz CT molecular complexity index is 2920. The van der Waals surface area contributed by atoms with Crippen LogP contribution in [0, 0.1) is 11.3 Å². The molecular weight excluding hydrogens is 709 g/mol. The van der Waals surface area contributed by atoms with Gasteiger partial charge in [0.1, 0.15) is 11.5 Å². The molecule has 9 aromatic rings. The van der Waals surface area contributed by atoms with Gasteiger partial charge >= 0.3 is 0 Å². The van der Waals surface area contributed by atoms with E-state index in [2.05, 4.69) is 152 Å². The normalized spacial score (nSPS) is 12.4. The van der Waals surface area contributed by atoms with E-state index in [1.807, 2.05) is 48.5 Å². The van der Waals surface area contributed by atoms with Crippen LogP contribution in [0.5, 0.6) is 11.5 Å². The van der Waals surface area contributed by atoms with Gasteiger partial charge in [-0.25, -0.2) is 15.0 Å². The molecule has 0 fully saturated rings.